The van der Waals surface area contributed by atoms with Crippen LogP contribution in [0.4, 0.5) is 0 Å². The van der Waals surface area contributed by atoms with E-state index in [0.717, 1.165) is 18.6 Å². The lowest BCUT2D eigenvalue weighted by molar-refractivity contribution is 0.423. The predicted molar refractivity (Wildman–Crippen MR) is 81.5 cm³/mol. The highest BCUT2D eigenvalue weighted by molar-refractivity contribution is 9.10. The Bertz CT molecular complexity index is 449. The van der Waals surface area contributed by atoms with Crippen molar-refractivity contribution in [2.75, 3.05) is 12.0 Å². The molecule has 1 aromatic carbocycles. The second kappa shape index (κ2) is 6.31. The first kappa shape index (κ1) is 14.2. The third-order valence-corrected chi connectivity index (χ3v) is 4.86. The first-order chi connectivity index (χ1) is 8.54. The van der Waals surface area contributed by atoms with Crippen LogP contribution in [0.15, 0.2) is 22.7 Å². The van der Waals surface area contributed by atoms with E-state index in [-0.39, 0.29) is 0 Å². The minimum Gasteiger partial charge on any atom is -0.310 e. The van der Waals surface area contributed by atoms with Gasteiger partial charge in [0.15, 0.2) is 0 Å². The Kier molecular flexibility index (Phi) is 4.98. The first-order valence-electron chi connectivity index (χ1n) is 6.38. The monoisotopic (exact) mass is 329 g/mol. The van der Waals surface area contributed by atoms with Gasteiger partial charge in [0.1, 0.15) is 0 Å². The average Bonchev–Trinajstić information content (AvgIpc) is 2.28. The number of fused-ring (bicyclic) bond motifs is 1. The summed E-state index contributed by atoms with van der Waals surface area (Å²) in [6, 6.07) is 7.42. The van der Waals surface area contributed by atoms with Gasteiger partial charge in [-0.25, -0.2) is 0 Å². The second-order valence-electron chi connectivity index (χ2n) is 5.16. The third kappa shape index (κ3) is 3.90. The lowest BCUT2D eigenvalue weighted by Gasteiger charge is -2.28. The van der Waals surface area contributed by atoms with Gasteiger partial charge in [0.2, 0.25) is 0 Å². The van der Waals surface area contributed by atoms with Crippen LogP contribution in [0.25, 0.3) is 0 Å². The highest BCUT2D eigenvalue weighted by atomic mass is 79.9. The maximum atomic E-state index is 11.2. The summed E-state index contributed by atoms with van der Waals surface area (Å²) in [6.07, 6.45) is 5.16. The van der Waals surface area contributed by atoms with Gasteiger partial charge in [-0.15, -0.1) is 0 Å². The summed E-state index contributed by atoms with van der Waals surface area (Å²) < 4.78 is 12.4. The molecule has 1 aliphatic carbocycles. The van der Waals surface area contributed by atoms with Crippen LogP contribution < -0.4 is 5.32 Å². The Labute approximate surface area is 120 Å². The molecule has 0 radical (unpaired) electrons. The van der Waals surface area contributed by atoms with Crippen LogP contribution in [0.2, 0.25) is 0 Å². The smallest absolute Gasteiger partial charge is 0.0383 e. The maximum Gasteiger partial charge on any atom is 0.0383 e. The fourth-order valence-electron chi connectivity index (χ4n) is 2.67. The molecule has 2 nitrogen and oxygen atoms in total. The lowest BCUT2D eigenvalue weighted by Crippen LogP contribution is -2.42. The van der Waals surface area contributed by atoms with Crippen LogP contribution in [-0.4, -0.2) is 28.3 Å². The zero-order chi connectivity index (χ0) is 13.1. The Hall–Kier alpha value is -0.190. The van der Waals surface area contributed by atoms with Crippen LogP contribution in [0.3, 0.4) is 0 Å². The molecular formula is C14H20BrNOS. The van der Waals surface area contributed by atoms with Crippen molar-refractivity contribution in [3.8, 4) is 0 Å². The van der Waals surface area contributed by atoms with Gasteiger partial charge in [0, 0.05) is 39.4 Å². The summed E-state index contributed by atoms with van der Waals surface area (Å²) in [5.41, 5.74) is 2.92. The van der Waals surface area contributed by atoms with Crippen LogP contribution in [0.5, 0.6) is 0 Å². The van der Waals surface area contributed by atoms with E-state index in [2.05, 4.69) is 46.4 Å². The first-order valence-corrected chi connectivity index (χ1v) is 8.90. The van der Waals surface area contributed by atoms with E-state index < -0.39 is 10.8 Å². The standard InChI is InChI=1S/C14H20BrNOS/c1-10(9-18(2)17)16-14-6-4-11-7-13(15)5-3-12(11)8-14/h3,5,7,10,14,16H,4,6,8-9H2,1-2H3. The SMILES string of the molecule is CC(CS(C)=O)NC1CCc2cc(Br)ccc2C1. The van der Waals surface area contributed by atoms with Crippen molar-refractivity contribution in [3.63, 3.8) is 0 Å². The van der Waals surface area contributed by atoms with E-state index in [4.69, 9.17) is 0 Å². The molecule has 1 aliphatic rings. The molecule has 1 aromatic rings. The van der Waals surface area contributed by atoms with Crippen molar-refractivity contribution >= 4 is 26.7 Å². The third-order valence-electron chi connectivity index (χ3n) is 3.40. The van der Waals surface area contributed by atoms with Crippen molar-refractivity contribution in [2.24, 2.45) is 0 Å². The molecule has 0 spiro atoms. The quantitative estimate of drug-likeness (QED) is 0.920. The summed E-state index contributed by atoms with van der Waals surface area (Å²) in [7, 11) is -0.717. The average molecular weight is 330 g/mol. The van der Waals surface area contributed by atoms with Gasteiger partial charge in [-0.05, 0) is 49.4 Å². The molecule has 3 unspecified atom stereocenters. The highest BCUT2D eigenvalue weighted by Gasteiger charge is 2.20. The summed E-state index contributed by atoms with van der Waals surface area (Å²) in [6.45, 7) is 2.12. The van der Waals surface area contributed by atoms with E-state index in [1.165, 1.54) is 22.0 Å². The van der Waals surface area contributed by atoms with Crippen LogP contribution in [0.1, 0.15) is 24.5 Å². The Balaban J connectivity index is 1.95. The van der Waals surface area contributed by atoms with Gasteiger partial charge < -0.3 is 5.32 Å². The fourth-order valence-corrected chi connectivity index (χ4v) is 3.88. The number of halogens is 1. The zero-order valence-corrected chi connectivity index (χ0v) is 13.3. The number of hydrogen-bond acceptors (Lipinski definition) is 2. The normalized spacial score (nSPS) is 22.3. The molecule has 0 aliphatic heterocycles. The van der Waals surface area contributed by atoms with Crippen molar-refractivity contribution < 1.29 is 4.21 Å². The molecule has 2 rings (SSSR count). The Morgan fingerprint density at radius 1 is 1.50 bits per heavy atom. The molecular weight excluding hydrogens is 310 g/mol. The van der Waals surface area contributed by atoms with Crippen molar-refractivity contribution in [1.82, 2.24) is 5.32 Å². The largest absolute Gasteiger partial charge is 0.310 e. The molecule has 100 valence electrons. The van der Waals surface area contributed by atoms with E-state index in [9.17, 15) is 4.21 Å². The maximum absolute atomic E-state index is 11.2. The Morgan fingerprint density at radius 2 is 2.28 bits per heavy atom. The van der Waals surface area contributed by atoms with Crippen molar-refractivity contribution in [3.05, 3.63) is 33.8 Å². The molecule has 0 aromatic heterocycles. The molecule has 4 heteroatoms. The fraction of sp³-hybridized carbons (Fsp3) is 0.571. The number of benzene rings is 1. The summed E-state index contributed by atoms with van der Waals surface area (Å²) >= 11 is 3.52. The van der Waals surface area contributed by atoms with Crippen molar-refractivity contribution in [2.45, 2.75) is 38.3 Å². The van der Waals surface area contributed by atoms with E-state index in [1.54, 1.807) is 6.26 Å². The molecule has 0 saturated carbocycles. The van der Waals surface area contributed by atoms with Crippen LogP contribution in [0, 0.1) is 0 Å². The number of rotatable bonds is 4. The van der Waals surface area contributed by atoms with Gasteiger partial charge in [-0.3, -0.25) is 4.21 Å². The Morgan fingerprint density at radius 3 is 3.00 bits per heavy atom. The van der Waals surface area contributed by atoms with Gasteiger partial charge >= 0.3 is 0 Å². The van der Waals surface area contributed by atoms with Crippen LogP contribution in [-0.2, 0) is 23.6 Å². The number of hydrogen-bond donors (Lipinski definition) is 1. The highest BCUT2D eigenvalue weighted by Crippen LogP contribution is 2.25. The minimum absolute atomic E-state index is 0.331. The van der Waals surface area contributed by atoms with E-state index in [1.807, 2.05) is 0 Å². The van der Waals surface area contributed by atoms with Crippen molar-refractivity contribution in [1.29, 1.82) is 0 Å². The topological polar surface area (TPSA) is 29.1 Å². The second-order valence-corrected chi connectivity index (χ2v) is 7.56. The van der Waals surface area contributed by atoms with E-state index >= 15 is 0 Å². The van der Waals surface area contributed by atoms with E-state index in [0.29, 0.717) is 12.1 Å². The summed E-state index contributed by atoms with van der Waals surface area (Å²) in [4.78, 5) is 0. The number of nitrogens with one attached hydrogen (secondary N) is 1. The molecule has 0 fully saturated rings. The number of aryl methyl sites for hydroxylation is 1. The molecule has 0 heterocycles. The molecule has 0 amide bonds. The molecule has 0 saturated heterocycles. The van der Waals surface area contributed by atoms with Gasteiger partial charge in [-0.2, -0.15) is 0 Å². The molecule has 18 heavy (non-hydrogen) atoms. The lowest BCUT2D eigenvalue weighted by atomic mass is 9.88. The van der Waals surface area contributed by atoms with Crippen LogP contribution >= 0.6 is 15.9 Å². The van der Waals surface area contributed by atoms with Gasteiger partial charge in [0.05, 0.1) is 0 Å². The predicted octanol–water partition coefficient (Wildman–Crippen LogP) is 2.66. The minimum atomic E-state index is -0.717. The molecule has 1 N–H and O–H groups in total. The molecule has 0 bridgehead atoms. The summed E-state index contributed by atoms with van der Waals surface area (Å²) in [5.74, 6) is 0.740. The zero-order valence-electron chi connectivity index (χ0n) is 10.9. The van der Waals surface area contributed by atoms with Gasteiger partial charge in [-0.1, -0.05) is 22.0 Å². The summed E-state index contributed by atoms with van der Waals surface area (Å²) in [5, 5.41) is 3.60. The molecule has 3 atom stereocenters. The van der Waals surface area contributed by atoms with Gasteiger partial charge in [0.25, 0.3) is 0 Å².